The van der Waals surface area contributed by atoms with Crippen LogP contribution in [0.25, 0.3) is 0 Å². The van der Waals surface area contributed by atoms with Gasteiger partial charge >= 0.3 is 12.0 Å². The number of hydrogen-bond acceptors (Lipinski definition) is 4. The number of amides is 2. The third-order valence-electron chi connectivity index (χ3n) is 2.75. The van der Waals surface area contributed by atoms with Crippen molar-refractivity contribution < 1.29 is 14.7 Å². The number of aliphatic carboxylic acids is 1. The van der Waals surface area contributed by atoms with Crippen molar-refractivity contribution in [1.29, 1.82) is 0 Å². The van der Waals surface area contributed by atoms with Crippen molar-refractivity contribution in [1.82, 2.24) is 4.90 Å². The fourth-order valence-electron chi connectivity index (χ4n) is 1.74. The molecule has 1 fully saturated rings. The van der Waals surface area contributed by atoms with Gasteiger partial charge in [-0.05, 0) is 24.5 Å². The molecule has 7 heteroatoms. The first-order valence-electron chi connectivity index (χ1n) is 5.64. The Hall–Kier alpha value is -1.34. The molecule has 1 aromatic carbocycles. The normalized spacial score (nSPS) is 18.4. The molecule has 0 radical (unpaired) electrons. The largest absolute Gasteiger partial charge is 0.480 e. The molecule has 0 bridgehead atoms. The number of carbonyl (C=O) groups is 2. The lowest BCUT2D eigenvalue weighted by Gasteiger charge is -2.21. The van der Waals surface area contributed by atoms with Gasteiger partial charge in [0, 0.05) is 16.3 Å². The molecule has 2 amide bonds. The molecule has 1 aliphatic heterocycles. The van der Waals surface area contributed by atoms with Gasteiger partial charge in [0.1, 0.15) is 6.04 Å². The summed E-state index contributed by atoms with van der Waals surface area (Å²) in [5.41, 5.74) is 0.679. The van der Waals surface area contributed by atoms with Crippen LogP contribution < -0.4 is 5.32 Å². The van der Waals surface area contributed by atoms with Crippen LogP contribution in [0.15, 0.2) is 29.2 Å². The summed E-state index contributed by atoms with van der Waals surface area (Å²) in [6, 6.07) is 6.35. The molecule has 1 heterocycles. The lowest BCUT2D eigenvalue weighted by molar-refractivity contribution is -0.140. The van der Waals surface area contributed by atoms with E-state index in [-0.39, 0.29) is 6.03 Å². The van der Waals surface area contributed by atoms with Gasteiger partial charge in [-0.15, -0.1) is 23.5 Å². The molecule has 2 N–H and O–H groups in total. The molecule has 0 spiro atoms. The van der Waals surface area contributed by atoms with Crippen molar-refractivity contribution in [2.45, 2.75) is 10.9 Å². The van der Waals surface area contributed by atoms with Crippen LogP contribution in [-0.4, -0.2) is 45.9 Å². The number of carboxylic acid groups (broad SMARTS) is 1. The summed E-state index contributed by atoms with van der Waals surface area (Å²) in [5, 5.41) is 11.8. The van der Waals surface area contributed by atoms with E-state index in [1.165, 1.54) is 16.7 Å². The summed E-state index contributed by atoms with van der Waals surface area (Å²) >= 11 is 3.03. The van der Waals surface area contributed by atoms with Gasteiger partial charge in [-0.1, -0.05) is 6.07 Å². The monoisotopic (exact) mass is 298 g/mol. The van der Waals surface area contributed by atoms with Gasteiger partial charge in [-0.25, -0.2) is 9.59 Å². The Labute approximate surface area is 119 Å². The maximum Gasteiger partial charge on any atom is 0.327 e. The number of hydrogen-bond donors (Lipinski definition) is 2. The van der Waals surface area contributed by atoms with Crippen molar-refractivity contribution in [3.8, 4) is 0 Å². The van der Waals surface area contributed by atoms with Gasteiger partial charge in [0.05, 0.1) is 5.88 Å². The van der Waals surface area contributed by atoms with Crippen molar-refractivity contribution in [3.63, 3.8) is 0 Å². The number of thioether (sulfide) groups is 2. The smallest absolute Gasteiger partial charge is 0.327 e. The average Bonchev–Trinajstić information content (AvgIpc) is 2.88. The molecule has 1 saturated heterocycles. The molecule has 102 valence electrons. The lowest BCUT2D eigenvalue weighted by Crippen LogP contribution is -2.43. The van der Waals surface area contributed by atoms with Crippen molar-refractivity contribution in [3.05, 3.63) is 24.3 Å². The first kappa shape index (κ1) is 14.1. The highest BCUT2D eigenvalue weighted by Gasteiger charge is 2.34. The summed E-state index contributed by atoms with van der Waals surface area (Å²) in [4.78, 5) is 25.5. The molecule has 0 aliphatic carbocycles. The van der Waals surface area contributed by atoms with E-state index < -0.39 is 12.0 Å². The Kier molecular flexibility index (Phi) is 4.60. The number of nitrogens with zero attached hydrogens (tertiary/aromatic N) is 1. The van der Waals surface area contributed by atoms with E-state index in [9.17, 15) is 9.59 Å². The molecule has 5 nitrogen and oxygen atoms in total. The summed E-state index contributed by atoms with van der Waals surface area (Å²) in [7, 11) is 0. The maximum absolute atomic E-state index is 12.1. The van der Waals surface area contributed by atoms with Crippen LogP contribution in [0.1, 0.15) is 0 Å². The van der Waals surface area contributed by atoms with Gasteiger partial charge in [-0.3, -0.25) is 0 Å². The second kappa shape index (κ2) is 6.21. The molecular weight excluding hydrogens is 284 g/mol. The van der Waals surface area contributed by atoms with E-state index in [1.807, 2.05) is 24.5 Å². The standard InChI is InChI=1S/C12H14N2O3S2/c1-18-9-4-2-3-8(5-9)13-12(17)14-7-19-6-10(14)11(15)16/h2-5,10H,6-7H2,1H3,(H,13,17)(H,15,16)/t10-/m0/s1. The summed E-state index contributed by atoms with van der Waals surface area (Å²) in [6.07, 6.45) is 1.96. The van der Waals surface area contributed by atoms with Crippen LogP contribution >= 0.6 is 23.5 Å². The topological polar surface area (TPSA) is 69.6 Å². The third-order valence-corrected chi connectivity index (χ3v) is 4.49. The minimum absolute atomic E-state index is 0.365. The zero-order chi connectivity index (χ0) is 13.8. The van der Waals surface area contributed by atoms with Gasteiger partial charge in [-0.2, -0.15) is 0 Å². The first-order valence-corrected chi connectivity index (χ1v) is 8.02. The first-order chi connectivity index (χ1) is 9.11. The third kappa shape index (κ3) is 3.36. The minimum atomic E-state index is -0.960. The molecule has 0 aromatic heterocycles. The van der Waals surface area contributed by atoms with Crippen LogP contribution in [0.2, 0.25) is 0 Å². The number of benzene rings is 1. The van der Waals surface area contributed by atoms with Gasteiger partial charge in [0.2, 0.25) is 0 Å². The van der Waals surface area contributed by atoms with E-state index in [2.05, 4.69) is 5.32 Å². The lowest BCUT2D eigenvalue weighted by atomic mass is 10.3. The zero-order valence-electron chi connectivity index (χ0n) is 10.3. The average molecular weight is 298 g/mol. The van der Waals surface area contributed by atoms with E-state index in [0.717, 1.165) is 4.90 Å². The Balaban J connectivity index is 2.06. The van der Waals surface area contributed by atoms with E-state index in [0.29, 0.717) is 17.3 Å². The number of carboxylic acids is 1. The number of carbonyl (C=O) groups excluding carboxylic acids is 1. The SMILES string of the molecule is CSc1cccc(NC(=O)N2CSC[C@H]2C(=O)O)c1. The highest BCUT2D eigenvalue weighted by Crippen LogP contribution is 2.23. The van der Waals surface area contributed by atoms with Crippen LogP contribution in [0.3, 0.4) is 0 Å². The molecule has 1 aliphatic rings. The second-order valence-electron chi connectivity index (χ2n) is 3.99. The Morgan fingerprint density at radius 2 is 2.32 bits per heavy atom. The van der Waals surface area contributed by atoms with Gasteiger partial charge in [0.15, 0.2) is 0 Å². The molecule has 2 rings (SSSR count). The fourth-order valence-corrected chi connectivity index (χ4v) is 3.35. The predicted octanol–water partition coefficient (Wildman–Crippen LogP) is 2.40. The van der Waals surface area contributed by atoms with Gasteiger partial charge < -0.3 is 15.3 Å². The molecule has 1 atom stereocenters. The van der Waals surface area contributed by atoms with Gasteiger partial charge in [0.25, 0.3) is 0 Å². The number of anilines is 1. The van der Waals surface area contributed by atoms with Crippen molar-refractivity contribution in [2.24, 2.45) is 0 Å². The molecule has 19 heavy (non-hydrogen) atoms. The predicted molar refractivity (Wildman–Crippen MR) is 77.8 cm³/mol. The molecule has 0 saturated carbocycles. The zero-order valence-corrected chi connectivity index (χ0v) is 12.0. The van der Waals surface area contributed by atoms with Crippen molar-refractivity contribution >= 4 is 41.2 Å². The van der Waals surface area contributed by atoms with E-state index in [4.69, 9.17) is 5.11 Å². The highest BCUT2D eigenvalue weighted by molar-refractivity contribution is 7.99. The van der Waals surface area contributed by atoms with Crippen LogP contribution in [0, 0.1) is 0 Å². The van der Waals surface area contributed by atoms with Crippen LogP contribution in [0.5, 0.6) is 0 Å². The Morgan fingerprint density at radius 1 is 1.53 bits per heavy atom. The fraction of sp³-hybridized carbons (Fsp3) is 0.333. The maximum atomic E-state index is 12.1. The van der Waals surface area contributed by atoms with Crippen LogP contribution in [-0.2, 0) is 4.79 Å². The summed E-state index contributed by atoms with van der Waals surface area (Å²) in [5.74, 6) is -0.114. The quantitative estimate of drug-likeness (QED) is 0.839. The Bertz CT molecular complexity index is 496. The second-order valence-corrected chi connectivity index (χ2v) is 5.87. The highest BCUT2D eigenvalue weighted by atomic mass is 32.2. The molecule has 1 aromatic rings. The van der Waals surface area contributed by atoms with Crippen molar-refractivity contribution in [2.75, 3.05) is 23.2 Å². The van der Waals surface area contributed by atoms with E-state index >= 15 is 0 Å². The van der Waals surface area contributed by atoms with Crippen LogP contribution in [0.4, 0.5) is 10.5 Å². The number of rotatable bonds is 3. The Morgan fingerprint density at radius 3 is 3.00 bits per heavy atom. The summed E-state index contributed by atoms with van der Waals surface area (Å²) < 4.78 is 0. The molecule has 0 unspecified atom stereocenters. The number of urea groups is 1. The number of nitrogens with one attached hydrogen (secondary N) is 1. The van der Waals surface area contributed by atoms with E-state index in [1.54, 1.807) is 17.8 Å². The molecular formula is C12H14N2O3S2. The summed E-state index contributed by atoms with van der Waals surface area (Å²) in [6.45, 7) is 0. The minimum Gasteiger partial charge on any atom is -0.480 e.